The number of nitrogens with two attached hydrogens (primary N) is 1. The maximum Gasteiger partial charge on any atom is 0.235 e. The van der Waals surface area contributed by atoms with Crippen molar-refractivity contribution in [2.24, 2.45) is 11.1 Å². The van der Waals surface area contributed by atoms with Gasteiger partial charge in [0.25, 0.3) is 0 Å². The van der Waals surface area contributed by atoms with E-state index in [4.69, 9.17) is 27.4 Å². The van der Waals surface area contributed by atoms with E-state index < -0.39 is 5.41 Å². The monoisotopic (exact) mass is 288 g/mol. The predicted molar refractivity (Wildman–Crippen MR) is 78.0 cm³/mol. The van der Waals surface area contributed by atoms with Crippen molar-refractivity contribution in [3.8, 4) is 0 Å². The molecule has 0 radical (unpaired) electrons. The highest BCUT2D eigenvalue weighted by molar-refractivity contribution is 7.80. The fraction of sp³-hybridized carbons (Fsp3) is 0.846. The van der Waals surface area contributed by atoms with Crippen LogP contribution in [0.2, 0.25) is 0 Å². The van der Waals surface area contributed by atoms with Crippen LogP contribution in [-0.4, -0.2) is 55.3 Å². The number of carbonyl (C=O) groups excluding carboxylic acids is 1. The third kappa shape index (κ3) is 2.90. The fourth-order valence-electron chi connectivity index (χ4n) is 2.67. The number of nitrogens with zero attached hydrogens (tertiary/aromatic N) is 1. The normalized spacial score (nSPS) is 23.7. The maximum absolute atomic E-state index is 12.7. The summed E-state index contributed by atoms with van der Waals surface area (Å²) in [5, 5.41) is 0. The number of likely N-dealkylation sites (tertiary alicyclic amines) is 1. The first-order chi connectivity index (χ1) is 8.96. The van der Waals surface area contributed by atoms with Gasteiger partial charge in [0.2, 0.25) is 5.91 Å². The first kappa shape index (κ1) is 16.3. The SMILES string of the molecule is CCC(CC)(C(=O)N1CC(OC)C(OC)C1)C(N)=S. The molecule has 5 nitrogen and oxygen atoms in total. The molecule has 0 bridgehead atoms. The molecule has 1 amide bonds. The number of hydrogen-bond acceptors (Lipinski definition) is 4. The second kappa shape index (κ2) is 6.63. The number of methoxy groups -OCH3 is 2. The maximum atomic E-state index is 12.7. The van der Waals surface area contributed by atoms with Gasteiger partial charge < -0.3 is 20.1 Å². The second-order valence-electron chi connectivity index (χ2n) is 4.91. The molecule has 6 heteroatoms. The minimum Gasteiger partial charge on any atom is -0.392 e. The van der Waals surface area contributed by atoms with E-state index >= 15 is 0 Å². The summed E-state index contributed by atoms with van der Waals surface area (Å²) in [5.74, 6) is -0.00778. The average molecular weight is 288 g/mol. The third-order valence-corrected chi connectivity index (χ3v) is 4.59. The summed E-state index contributed by atoms with van der Waals surface area (Å²) in [6.07, 6.45) is 1.05. The van der Waals surface area contributed by atoms with Crippen molar-refractivity contribution >= 4 is 23.1 Å². The lowest BCUT2D eigenvalue weighted by Gasteiger charge is -2.33. The van der Waals surface area contributed by atoms with Crippen molar-refractivity contribution in [1.29, 1.82) is 0 Å². The van der Waals surface area contributed by atoms with Gasteiger partial charge in [-0.2, -0.15) is 0 Å². The lowest BCUT2D eigenvalue weighted by molar-refractivity contribution is -0.138. The number of hydrogen-bond donors (Lipinski definition) is 1. The Morgan fingerprint density at radius 2 is 1.68 bits per heavy atom. The Morgan fingerprint density at radius 3 is 1.95 bits per heavy atom. The Bertz CT molecular complexity index is 333. The summed E-state index contributed by atoms with van der Waals surface area (Å²) in [5.41, 5.74) is 5.08. The smallest absolute Gasteiger partial charge is 0.235 e. The molecule has 0 saturated carbocycles. The number of carbonyl (C=O) groups is 1. The van der Waals surface area contributed by atoms with Crippen molar-refractivity contribution in [2.75, 3.05) is 27.3 Å². The van der Waals surface area contributed by atoms with Gasteiger partial charge in [0, 0.05) is 27.3 Å². The first-order valence-corrected chi connectivity index (χ1v) is 7.02. The van der Waals surface area contributed by atoms with Gasteiger partial charge in [-0.1, -0.05) is 26.1 Å². The van der Waals surface area contributed by atoms with Crippen LogP contribution in [0.15, 0.2) is 0 Å². The van der Waals surface area contributed by atoms with Gasteiger partial charge in [-0.3, -0.25) is 4.79 Å². The topological polar surface area (TPSA) is 64.8 Å². The van der Waals surface area contributed by atoms with Crippen LogP contribution in [-0.2, 0) is 14.3 Å². The van der Waals surface area contributed by atoms with Crippen LogP contribution in [0.3, 0.4) is 0 Å². The zero-order chi connectivity index (χ0) is 14.6. The highest BCUT2D eigenvalue weighted by atomic mass is 32.1. The van der Waals surface area contributed by atoms with E-state index in [0.29, 0.717) is 25.9 Å². The van der Waals surface area contributed by atoms with Crippen LogP contribution in [0.5, 0.6) is 0 Å². The molecule has 2 unspecified atom stereocenters. The van der Waals surface area contributed by atoms with Gasteiger partial charge in [-0.15, -0.1) is 0 Å². The highest BCUT2D eigenvalue weighted by Gasteiger charge is 2.45. The first-order valence-electron chi connectivity index (χ1n) is 6.61. The van der Waals surface area contributed by atoms with E-state index in [1.165, 1.54) is 0 Å². The minimum atomic E-state index is -0.740. The number of rotatable bonds is 6. The number of ether oxygens (including phenoxy) is 2. The van der Waals surface area contributed by atoms with Crippen LogP contribution >= 0.6 is 12.2 Å². The molecule has 1 fully saturated rings. The lowest BCUT2D eigenvalue weighted by Crippen LogP contribution is -2.49. The van der Waals surface area contributed by atoms with Crippen LogP contribution in [0.1, 0.15) is 26.7 Å². The molecular formula is C13H24N2O3S. The summed E-state index contributed by atoms with van der Waals surface area (Å²) < 4.78 is 10.7. The van der Waals surface area contributed by atoms with Crippen LogP contribution in [0, 0.1) is 5.41 Å². The van der Waals surface area contributed by atoms with Gasteiger partial charge in [0.1, 0.15) is 12.2 Å². The third-order valence-electron chi connectivity index (χ3n) is 4.20. The molecule has 1 aliphatic rings. The van der Waals surface area contributed by atoms with Crippen molar-refractivity contribution in [1.82, 2.24) is 4.90 Å². The summed E-state index contributed by atoms with van der Waals surface area (Å²) in [4.78, 5) is 14.8. The molecule has 0 aliphatic carbocycles. The minimum absolute atomic E-state index is 0.00778. The zero-order valence-corrected chi connectivity index (χ0v) is 13.0. The van der Waals surface area contributed by atoms with Gasteiger partial charge in [0.05, 0.1) is 10.4 Å². The standard InChI is InChI=1S/C13H24N2O3S/c1-5-13(6-2,11(14)19)12(16)15-7-9(17-3)10(8-15)18-4/h9-10H,5-8H2,1-4H3,(H2,14,19). The molecule has 2 N–H and O–H groups in total. The molecule has 110 valence electrons. The largest absolute Gasteiger partial charge is 0.392 e. The van der Waals surface area contributed by atoms with Crippen molar-refractivity contribution < 1.29 is 14.3 Å². The molecule has 1 heterocycles. The Labute approximate surface area is 120 Å². The second-order valence-corrected chi connectivity index (χ2v) is 5.35. The zero-order valence-electron chi connectivity index (χ0n) is 12.1. The number of amides is 1. The molecular weight excluding hydrogens is 264 g/mol. The van der Waals surface area contributed by atoms with Crippen LogP contribution in [0.25, 0.3) is 0 Å². The fourth-order valence-corrected chi connectivity index (χ4v) is 3.05. The molecule has 1 rings (SSSR count). The molecule has 0 spiro atoms. The molecule has 2 atom stereocenters. The van der Waals surface area contributed by atoms with E-state index in [1.807, 2.05) is 13.8 Å². The Kier molecular flexibility index (Phi) is 5.70. The Balaban J connectivity index is 2.91. The number of thiocarbonyl (C=S) groups is 1. The molecule has 1 saturated heterocycles. The Morgan fingerprint density at radius 1 is 1.26 bits per heavy atom. The van der Waals surface area contributed by atoms with Crippen molar-refractivity contribution in [2.45, 2.75) is 38.9 Å². The lowest BCUT2D eigenvalue weighted by atomic mass is 9.81. The molecule has 1 aliphatic heterocycles. The van der Waals surface area contributed by atoms with Crippen molar-refractivity contribution in [3.63, 3.8) is 0 Å². The summed E-state index contributed by atoms with van der Waals surface area (Å²) in [6, 6.07) is 0. The quantitative estimate of drug-likeness (QED) is 0.737. The molecule has 0 aromatic carbocycles. The predicted octanol–water partition coefficient (Wildman–Crippen LogP) is 0.951. The molecule has 19 heavy (non-hydrogen) atoms. The molecule has 0 aromatic rings. The van der Waals surface area contributed by atoms with E-state index in [0.717, 1.165) is 0 Å². The van der Waals surface area contributed by atoms with E-state index in [-0.39, 0.29) is 23.1 Å². The van der Waals surface area contributed by atoms with Gasteiger partial charge in [-0.25, -0.2) is 0 Å². The van der Waals surface area contributed by atoms with E-state index in [9.17, 15) is 4.79 Å². The summed E-state index contributed by atoms with van der Waals surface area (Å²) in [6.45, 7) is 4.94. The van der Waals surface area contributed by atoms with Crippen LogP contribution in [0.4, 0.5) is 0 Å². The molecule has 0 aromatic heterocycles. The summed E-state index contributed by atoms with van der Waals surface area (Å²) in [7, 11) is 3.26. The van der Waals surface area contributed by atoms with Gasteiger partial charge >= 0.3 is 0 Å². The van der Waals surface area contributed by atoms with E-state index in [2.05, 4.69) is 0 Å². The average Bonchev–Trinajstić information content (AvgIpc) is 2.83. The van der Waals surface area contributed by atoms with Crippen molar-refractivity contribution in [3.05, 3.63) is 0 Å². The van der Waals surface area contributed by atoms with Crippen LogP contribution < -0.4 is 5.73 Å². The van der Waals surface area contributed by atoms with Gasteiger partial charge in [-0.05, 0) is 12.8 Å². The van der Waals surface area contributed by atoms with E-state index in [1.54, 1.807) is 19.1 Å². The Hall–Kier alpha value is -0.720. The summed E-state index contributed by atoms with van der Waals surface area (Å²) >= 11 is 5.12. The van der Waals surface area contributed by atoms with Gasteiger partial charge in [0.15, 0.2) is 0 Å². The highest BCUT2D eigenvalue weighted by Crippen LogP contribution is 2.31.